The van der Waals surface area contributed by atoms with Gasteiger partial charge >= 0.3 is 0 Å². The highest BCUT2D eigenvalue weighted by Crippen LogP contribution is 2.31. The average molecular weight is 325 g/mol. The fourth-order valence-corrected chi connectivity index (χ4v) is 3.51. The van der Waals surface area contributed by atoms with Crippen LogP contribution in [0.5, 0.6) is 0 Å². The van der Waals surface area contributed by atoms with Crippen LogP contribution in [-0.4, -0.2) is 5.11 Å². The highest BCUT2D eigenvalue weighted by atomic mass is 79.9. The molecule has 0 fully saturated rings. The lowest BCUT2D eigenvalue weighted by atomic mass is 9.98. The van der Waals surface area contributed by atoms with E-state index in [2.05, 4.69) is 41.9 Å². The smallest absolute Gasteiger partial charge is 0.106 e. The highest BCUT2D eigenvalue weighted by Gasteiger charge is 2.14. The SMILES string of the molecule is CC(C)Cc1ccc(C(O)c2cscc2Br)cc1. The third-order valence-corrected chi connectivity index (χ3v) is 4.63. The molecule has 1 atom stereocenters. The van der Waals surface area contributed by atoms with E-state index in [0.29, 0.717) is 5.92 Å². The van der Waals surface area contributed by atoms with Gasteiger partial charge < -0.3 is 5.11 Å². The predicted molar refractivity (Wildman–Crippen MR) is 81.1 cm³/mol. The normalized spacial score (nSPS) is 12.9. The molecule has 1 aromatic carbocycles. The van der Waals surface area contributed by atoms with Crippen molar-refractivity contribution in [1.29, 1.82) is 0 Å². The Bertz CT molecular complexity index is 501. The van der Waals surface area contributed by atoms with Crippen molar-refractivity contribution in [1.82, 2.24) is 0 Å². The zero-order valence-corrected chi connectivity index (χ0v) is 13.0. The second-order valence-corrected chi connectivity index (χ2v) is 6.52. The van der Waals surface area contributed by atoms with E-state index in [-0.39, 0.29) is 0 Å². The van der Waals surface area contributed by atoms with Crippen molar-refractivity contribution in [2.75, 3.05) is 0 Å². The maximum atomic E-state index is 10.3. The number of aliphatic hydroxyl groups is 1. The highest BCUT2D eigenvalue weighted by molar-refractivity contribution is 9.10. The number of benzene rings is 1. The van der Waals surface area contributed by atoms with E-state index >= 15 is 0 Å². The minimum atomic E-state index is -0.543. The molecule has 0 spiro atoms. The van der Waals surface area contributed by atoms with Crippen molar-refractivity contribution < 1.29 is 5.11 Å². The van der Waals surface area contributed by atoms with Crippen LogP contribution >= 0.6 is 27.3 Å². The molecule has 0 aliphatic carbocycles. The maximum Gasteiger partial charge on any atom is 0.106 e. The van der Waals surface area contributed by atoms with E-state index in [9.17, 15) is 5.11 Å². The fraction of sp³-hybridized carbons (Fsp3) is 0.333. The number of hydrogen-bond donors (Lipinski definition) is 1. The summed E-state index contributed by atoms with van der Waals surface area (Å²) in [5, 5.41) is 14.3. The minimum Gasteiger partial charge on any atom is -0.384 e. The lowest BCUT2D eigenvalue weighted by Gasteiger charge is -2.12. The first-order valence-electron chi connectivity index (χ1n) is 6.06. The third-order valence-electron chi connectivity index (χ3n) is 2.88. The Balaban J connectivity index is 2.17. The van der Waals surface area contributed by atoms with Gasteiger partial charge in [-0.15, -0.1) is 0 Å². The Kier molecular flexibility index (Phi) is 4.60. The van der Waals surface area contributed by atoms with Crippen LogP contribution in [0.15, 0.2) is 39.5 Å². The van der Waals surface area contributed by atoms with Gasteiger partial charge in [-0.3, -0.25) is 0 Å². The molecule has 1 unspecified atom stereocenters. The molecule has 1 nitrogen and oxygen atoms in total. The average Bonchev–Trinajstić information content (AvgIpc) is 2.75. The topological polar surface area (TPSA) is 20.2 Å². The molecule has 0 aliphatic rings. The molecule has 1 aromatic heterocycles. The fourth-order valence-electron chi connectivity index (χ4n) is 1.97. The molecule has 0 amide bonds. The van der Waals surface area contributed by atoms with Crippen LogP contribution in [0.1, 0.15) is 36.6 Å². The summed E-state index contributed by atoms with van der Waals surface area (Å²) in [6, 6.07) is 8.26. The van der Waals surface area contributed by atoms with Gasteiger partial charge in [0.05, 0.1) is 0 Å². The largest absolute Gasteiger partial charge is 0.384 e. The number of rotatable bonds is 4. The van der Waals surface area contributed by atoms with Crippen LogP contribution in [0.25, 0.3) is 0 Å². The van der Waals surface area contributed by atoms with Gasteiger partial charge in [0, 0.05) is 15.4 Å². The Morgan fingerprint density at radius 3 is 2.33 bits per heavy atom. The second kappa shape index (κ2) is 6.00. The lowest BCUT2D eigenvalue weighted by Crippen LogP contribution is -2.00. The summed E-state index contributed by atoms with van der Waals surface area (Å²) in [6.07, 6.45) is 0.539. The molecule has 2 rings (SSSR count). The van der Waals surface area contributed by atoms with Crippen LogP contribution in [0, 0.1) is 5.92 Å². The van der Waals surface area contributed by atoms with E-state index in [0.717, 1.165) is 22.0 Å². The summed E-state index contributed by atoms with van der Waals surface area (Å²) >= 11 is 5.06. The summed E-state index contributed by atoms with van der Waals surface area (Å²) in [4.78, 5) is 0. The van der Waals surface area contributed by atoms with Gasteiger partial charge in [-0.25, -0.2) is 0 Å². The number of thiophene rings is 1. The molecule has 1 N–H and O–H groups in total. The zero-order chi connectivity index (χ0) is 13.1. The van der Waals surface area contributed by atoms with Crippen LogP contribution in [0.4, 0.5) is 0 Å². The predicted octanol–water partition coefficient (Wildman–Crippen LogP) is 4.79. The van der Waals surface area contributed by atoms with Crippen LogP contribution in [0.3, 0.4) is 0 Å². The van der Waals surface area contributed by atoms with Crippen molar-refractivity contribution in [2.24, 2.45) is 5.92 Å². The summed E-state index contributed by atoms with van der Waals surface area (Å²) in [6.45, 7) is 4.43. The van der Waals surface area contributed by atoms with Crippen molar-refractivity contribution >= 4 is 27.3 Å². The van der Waals surface area contributed by atoms with Gasteiger partial charge in [-0.1, -0.05) is 38.1 Å². The molecule has 0 bridgehead atoms. The Hall–Kier alpha value is -0.640. The van der Waals surface area contributed by atoms with Gasteiger partial charge in [0.15, 0.2) is 0 Å². The molecule has 18 heavy (non-hydrogen) atoms. The molecule has 2 aromatic rings. The quantitative estimate of drug-likeness (QED) is 0.857. The minimum absolute atomic E-state index is 0.543. The Labute approximate surface area is 121 Å². The third kappa shape index (κ3) is 3.22. The second-order valence-electron chi connectivity index (χ2n) is 4.92. The van der Waals surface area contributed by atoms with Gasteiger partial charge in [0.1, 0.15) is 6.10 Å². The first kappa shape index (κ1) is 13.8. The summed E-state index contributed by atoms with van der Waals surface area (Å²) < 4.78 is 0.978. The van der Waals surface area contributed by atoms with Crippen molar-refractivity contribution in [2.45, 2.75) is 26.4 Å². The molecular weight excluding hydrogens is 308 g/mol. The first-order valence-corrected chi connectivity index (χ1v) is 7.80. The molecule has 3 heteroatoms. The summed E-state index contributed by atoms with van der Waals surface area (Å²) in [5.41, 5.74) is 3.21. The Morgan fingerprint density at radius 2 is 1.83 bits per heavy atom. The summed E-state index contributed by atoms with van der Waals surface area (Å²) in [5.74, 6) is 0.659. The van der Waals surface area contributed by atoms with Crippen molar-refractivity contribution in [3.8, 4) is 0 Å². The summed E-state index contributed by atoms with van der Waals surface area (Å²) in [7, 11) is 0. The molecule has 96 valence electrons. The van der Waals surface area contributed by atoms with Crippen LogP contribution in [-0.2, 0) is 6.42 Å². The van der Waals surface area contributed by atoms with E-state index in [1.54, 1.807) is 11.3 Å². The van der Waals surface area contributed by atoms with E-state index in [1.807, 2.05) is 22.9 Å². The monoisotopic (exact) mass is 324 g/mol. The van der Waals surface area contributed by atoms with Crippen molar-refractivity contribution in [3.05, 3.63) is 56.2 Å². The number of aliphatic hydroxyl groups excluding tert-OH is 1. The molecule has 1 heterocycles. The van der Waals surface area contributed by atoms with Gasteiger partial charge in [0.25, 0.3) is 0 Å². The first-order chi connectivity index (χ1) is 8.58. The van der Waals surface area contributed by atoms with E-state index in [1.165, 1.54) is 5.56 Å². The van der Waals surface area contributed by atoms with Crippen molar-refractivity contribution in [3.63, 3.8) is 0 Å². The Morgan fingerprint density at radius 1 is 1.17 bits per heavy atom. The lowest BCUT2D eigenvalue weighted by molar-refractivity contribution is 0.220. The van der Waals surface area contributed by atoms with E-state index < -0.39 is 6.10 Å². The molecular formula is C15H17BrOS. The zero-order valence-electron chi connectivity index (χ0n) is 10.6. The number of hydrogen-bond acceptors (Lipinski definition) is 2. The van der Waals surface area contributed by atoms with Crippen LogP contribution < -0.4 is 0 Å². The number of halogens is 1. The molecule has 0 aliphatic heterocycles. The molecule has 0 saturated carbocycles. The van der Waals surface area contributed by atoms with Gasteiger partial charge in [-0.2, -0.15) is 11.3 Å². The van der Waals surface area contributed by atoms with Gasteiger partial charge in [0.2, 0.25) is 0 Å². The molecule has 0 radical (unpaired) electrons. The maximum absolute atomic E-state index is 10.3. The van der Waals surface area contributed by atoms with Crippen LogP contribution in [0.2, 0.25) is 0 Å². The molecule has 0 saturated heterocycles. The van der Waals surface area contributed by atoms with Gasteiger partial charge in [-0.05, 0) is 44.8 Å². The van der Waals surface area contributed by atoms with E-state index in [4.69, 9.17) is 0 Å². The standard InChI is InChI=1S/C15H17BrOS/c1-10(2)7-11-3-5-12(6-4-11)15(17)13-8-18-9-14(13)16/h3-6,8-10,15,17H,7H2,1-2H3.